The number of nitrogens with zero attached hydrogens (tertiary/aromatic N) is 1. The highest BCUT2D eigenvalue weighted by atomic mass is 16.2. The van der Waals surface area contributed by atoms with Crippen LogP contribution in [0.15, 0.2) is 0 Å². The predicted octanol–water partition coefficient (Wildman–Crippen LogP) is 1.57. The highest BCUT2D eigenvalue weighted by Gasteiger charge is 2.52. The minimum absolute atomic E-state index is 0.0577. The zero-order chi connectivity index (χ0) is 11.9. The average Bonchev–Trinajstić information content (AvgIpc) is 2.53. The molecule has 16 heavy (non-hydrogen) atoms. The molecule has 3 nitrogen and oxygen atoms in total. The molecule has 1 aliphatic heterocycles. The molecule has 0 spiro atoms. The second kappa shape index (κ2) is 3.62. The number of carbonyl (C=O) groups excluding carboxylic acids is 2. The molecule has 1 saturated carbocycles. The topological polar surface area (TPSA) is 37.4 Å². The Morgan fingerprint density at radius 1 is 1.19 bits per heavy atom. The summed E-state index contributed by atoms with van der Waals surface area (Å²) in [4.78, 5) is 25.6. The van der Waals surface area contributed by atoms with Gasteiger partial charge in [-0.25, -0.2) is 0 Å². The number of fused-ring (bicyclic) bond motifs is 1. The molecule has 2 amide bonds. The van der Waals surface area contributed by atoms with Gasteiger partial charge in [-0.15, -0.1) is 6.42 Å². The third kappa shape index (κ3) is 1.44. The first-order valence-electron chi connectivity index (χ1n) is 5.84. The van der Waals surface area contributed by atoms with Gasteiger partial charge in [0.25, 0.3) is 0 Å². The SMILES string of the molecule is C#CC(C)(C)N1C(=O)C2CCCCC2C1=O. The molecule has 2 rings (SSSR count). The number of terminal acetylenes is 1. The molecule has 2 atom stereocenters. The summed E-state index contributed by atoms with van der Waals surface area (Å²) in [6.45, 7) is 3.50. The van der Waals surface area contributed by atoms with Gasteiger partial charge in [-0.3, -0.25) is 14.5 Å². The Morgan fingerprint density at radius 2 is 1.62 bits per heavy atom. The maximum Gasteiger partial charge on any atom is 0.234 e. The second-order valence-corrected chi connectivity index (χ2v) is 5.21. The van der Waals surface area contributed by atoms with Crippen LogP contribution < -0.4 is 0 Å². The normalized spacial score (nSPS) is 30.2. The molecule has 3 heteroatoms. The van der Waals surface area contributed by atoms with Crippen molar-refractivity contribution in [2.24, 2.45) is 11.8 Å². The highest BCUT2D eigenvalue weighted by molar-refractivity contribution is 6.06. The molecule has 0 aromatic heterocycles. The van der Waals surface area contributed by atoms with Crippen molar-refractivity contribution in [3.63, 3.8) is 0 Å². The molecule has 0 N–H and O–H groups in total. The third-order valence-electron chi connectivity index (χ3n) is 3.75. The van der Waals surface area contributed by atoms with Crippen molar-refractivity contribution < 1.29 is 9.59 Å². The minimum Gasteiger partial charge on any atom is -0.274 e. The van der Waals surface area contributed by atoms with E-state index in [2.05, 4.69) is 5.92 Å². The molecule has 1 aliphatic carbocycles. The summed E-state index contributed by atoms with van der Waals surface area (Å²) in [6, 6.07) is 0. The third-order valence-corrected chi connectivity index (χ3v) is 3.75. The Balaban J connectivity index is 2.33. The Morgan fingerprint density at radius 3 is 2.00 bits per heavy atom. The summed E-state index contributed by atoms with van der Waals surface area (Å²) in [5.41, 5.74) is -0.786. The van der Waals surface area contributed by atoms with Crippen LogP contribution in [0.25, 0.3) is 0 Å². The van der Waals surface area contributed by atoms with Crippen LogP contribution in [0, 0.1) is 24.2 Å². The number of hydrogen-bond acceptors (Lipinski definition) is 2. The Kier molecular flexibility index (Phi) is 2.53. The van der Waals surface area contributed by atoms with Gasteiger partial charge in [0, 0.05) is 0 Å². The summed E-state index contributed by atoms with van der Waals surface area (Å²) in [5, 5.41) is 0. The van der Waals surface area contributed by atoms with Gasteiger partial charge in [0.2, 0.25) is 11.8 Å². The molecule has 2 unspecified atom stereocenters. The summed E-state index contributed by atoms with van der Waals surface area (Å²) in [6.07, 6.45) is 9.18. The first-order valence-corrected chi connectivity index (χ1v) is 5.84. The smallest absolute Gasteiger partial charge is 0.234 e. The van der Waals surface area contributed by atoms with E-state index in [0.29, 0.717) is 0 Å². The Hall–Kier alpha value is -1.30. The number of amides is 2. The Bertz CT molecular complexity index is 354. The molecule has 0 radical (unpaired) electrons. The number of likely N-dealkylation sites (tertiary alicyclic amines) is 1. The second-order valence-electron chi connectivity index (χ2n) is 5.21. The summed E-state index contributed by atoms with van der Waals surface area (Å²) >= 11 is 0. The van der Waals surface area contributed by atoms with E-state index in [1.165, 1.54) is 4.90 Å². The fourth-order valence-electron chi connectivity index (χ4n) is 2.78. The lowest BCUT2D eigenvalue weighted by Gasteiger charge is -2.29. The number of carbonyl (C=O) groups is 2. The molecule has 86 valence electrons. The van der Waals surface area contributed by atoms with E-state index in [-0.39, 0.29) is 23.7 Å². The van der Waals surface area contributed by atoms with Gasteiger partial charge in [-0.2, -0.15) is 0 Å². The highest BCUT2D eigenvalue weighted by Crippen LogP contribution is 2.40. The summed E-state index contributed by atoms with van der Waals surface area (Å²) < 4.78 is 0. The molecule has 0 aromatic rings. The van der Waals surface area contributed by atoms with Crippen molar-refractivity contribution in [2.45, 2.75) is 45.1 Å². The lowest BCUT2D eigenvalue weighted by molar-refractivity contribution is -0.143. The summed E-state index contributed by atoms with van der Waals surface area (Å²) in [5.74, 6) is 2.22. The largest absolute Gasteiger partial charge is 0.274 e. The fourth-order valence-corrected chi connectivity index (χ4v) is 2.78. The first kappa shape index (κ1) is 11.2. The van der Waals surface area contributed by atoms with E-state index in [9.17, 15) is 9.59 Å². The van der Waals surface area contributed by atoms with E-state index in [0.717, 1.165) is 25.7 Å². The van der Waals surface area contributed by atoms with Gasteiger partial charge in [-0.05, 0) is 26.7 Å². The number of hydrogen-bond donors (Lipinski definition) is 0. The minimum atomic E-state index is -0.786. The van der Waals surface area contributed by atoms with E-state index < -0.39 is 5.54 Å². The molecule has 1 saturated heterocycles. The van der Waals surface area contributed by atoms with Gasteiger partial charge in [0.05, 0.1) is 11.8 Å². The van der Waals surface area contributed by atoms with Crippen LogP contribution in [0.4, 0.5) is 0 Å². The lowest BCUT2D eigenvalue weighted by atomic mass is 9.81. The van der Waals surface area contributed by atoms with Crippen LogP contribution >= 0.6 is 0 Å². The standard InChI is InChI=1S/C13H17NO2/c1-4-13(2,3)14-11(15)9-7-5-6-8-10(9)12(14)16/h1,9-10H,5-8H2,2-3H3. The first-order chi connectivity index (χ1) is 7.49. The number of rotatable bonds is 1. The molecule has 0 aromatic carbocycles. The zero-order valence-electron chi connectivity index (χ0n) is 9.82. The van der Waals surface area contributed by atoms with Crippen molar-refractivity contribution in [1.82, 2.24) is 4.90 Å². The van der Waals surface area contributed by atoms with Crippen molar-refractivity contribution >= 4 is 11.8 Å². The maximum absolute atomic E-state index is 12.2. The van der Waals surface area contributed by atoms with Crippen LogP contribution in [0.2, 0.25) is 0 Å². The summed E-state index contributed by atoms with van der Waals surface area (Å²) in [7, 11) is 0. The van der Waals surface area contributed by atoms with Crippen LogP contribution in [-0.2, 0) is 9.59 Å². The van der Waals surface area contributed by atoms with E-state index in [4.69, 9.17) is 6.42 Å². The van der Waals surface area contributed by atoms with Gasteiger partial charge in [0.1, 0.15) is 5.54 Å². The van der Waals surface area contributed by atoms with E-state index in [1.807, 2.05) is 0 Å². The van der Waals surface area contributed by atoms with Crippen molar-refractivity contribution in [1.29, 1.82) is 0 Å². The Labute approximate surface area is 96.2 Å². The molecular formula is C13H17NO2. The van der Waals surface area contributed by atoms with Crippen molar-refractivity contribution in [3.05, 3.63) is 0 Å². The lowest BCUT2D eigenvalue weighted by Crippen LogP contribution is -2.47. The molecule has 2 fully saturated rings. The fraction of sp³-hybridized carbons (Fsp3) is 0.692. The van der Waals surface area contributed by atoms with Crippen LogP contribution in [0.3, 0.4) is 0 Å². The quantitative estimate of drug-likeness (QED) is 0.496. The molecule has 0 bridgehead atoms. The molecule has 2 aliphatic rings. The van der Waals surface area contributed by atoms with Crippen LogP contribution in [0.5, 0.6) is 0 Å². The van der Waals surface area contributed by atoms with Crippen LogP contribution in [-0.4, -0.2) is 22.3 Å². The zero-order valence-corrected chi connectivity index (χ0v) is 9.82. The monoisotopic (exact) mass is 219 g/mol. The maximum atomic E-state index is 12.2. The van der Waals surface area contributed by atoms with Gasteiger partial charge >= 0.3 is 0 Å². The van der Waals surface area contributed by atoms with Gasteiger partial charge in [0.15, 0.2) is 0 Å². The average molecular weight is 219 g/mol. The van der Waals surface area contributed by atoms with Gasteiger partial charge < -0.3 is 0 Å². The molecule has 1 heterocycles. The predicted molar refractivity (Wildman–Crippen MR) is 60.2 cm³/mol. The van der Waals surface area contributed by atoms with Crippen molar-refractivity contribution in [3.8, 4) is 12.3 Å². The molecular weight excluding hydrogens is 202 g/mol. The van der Waals surface area contributed by atoms with Crippen LogP contribution in [0.1, 0.15) is 39.5 Å². The van der Waals surface area contributed by atoms with E-state index in [1.54, 1.807) is 13.8 Å². The number of imide groups is 1. The van der Waals surface area contributed by atoms with Crippen molar-refractivity contribution in [2.75, 3.05) is 0 Å². The van der Waals surface area contributed by atoms with Gasteiger partial charge in [-0.1, -0.05) is 18.8 Å². The van der Waals surface area contributed by atoms with E-state index >= 15 is 0 Å².